The second kappa shape index (κ2) is 6.86. The molecule has 1 amide bonds. The summed E-state index contributed by atoms with van der Waals surface area (Å²) in [6, 6.07) is 6.46. The van der Waals surface area contributed by atoms with Crippen LogP contribution in [-0.4, -0.2) is 35.7 Å². The van der Waals surface area contributed by atoms with Crippen molar-refractivity contribution in [1.82, 2.24) is 4.90 Å². The summed E-state index contributed by atoms with van der Waals surface area (Å²) in [7, 11) is 0. The molecule has 0 radical (unpaired) electrons. The van der Waals surface area contributed by atoms with E-state index in [2.05, 4.69) is 5.32 Å². The minimum absolute atomic E-state index is 0.0373. The first-order chi connectivity index (χ1) is 10.8. The second-order valence-corrected chi connectivity index (χ2v) is 6.69. The summed E-state index contributed by atoms with van der Waals surface area (Å²) in [6.45, 7) is 6.74. The molecular formula is C17H22FN3O2. The van der Waals surface area contributed by atoms with Gasteiger partial charge in [0.05, 0.1) is 5.56 Å². The first-order valence-corrected chi connectivity index (χ1v) is 7.72. The Labute approximate surface area is 136 Å². The van der Waals surface area contributed by atoms with Crippen LogP contribution in [0.15, 0.2) is 18.2 Å². The molecule has 1 N–H and O–H groups in total. The van der Waals surface area contributed by atoms with Gasteiger partial charge in [0.1, 0.15) is 17.5 Å². The lowest BCUT2D eigenvalue weighted by molar-refractivity contribution is 0.0210. The van der Waals surface area contributed by atoms with Crippen LogP contribution in [-0.2, 0) is 4.74 Å². The average molecular weight is 319 g/mol. The number of ether oxygens (including phenoxy) is 1. The molecule has 1 aliphatic rings. The lowest BCUT2D eigenvalue weighted by atomic mass is 10.0. The van der Waals surface area contributed by atoms with Crippen molar-refractivity contribution in [1.29, 1.82) is 5.26 Å². The van der Waals surface area contributed by atoms with E-state index in [0.717, 1.165) is 12.8 Å². The first-order valence-electron chi connectivity index (χ1n) is 7.72. The quantitative estimate of drug-likeness (QED) is 0.906. The number of nitrogens with one attached hydrogen (secondary N) is 1. The van der Waals surface area contributed by atoms with Crippen LogP contribution in [0, 0.1) is 17.1 Å². The lowest BCUT2D eigenvalue weighted by Gasteiger charge is -2.34. The number of carbonyl (C=O) groups excluding carboxylic acids is 1. The predicted molar refractivity (Wildman–Crippen MR) is 85.6 cm³/mol. The number of likely N-dealkylation sites (tertiary alicyclic amines) is 1. The number of nitriles is 1. The van der Waals surface area contributed by atoms with E-state index >= 15 is 0 Å². The smallest absolute Gasteiger partial charge is 0.410 e. The van der Waals surface area contributed by atoms with Gasteiger partial charge in [0.25, 0.3) is 0 Å². The average Bonchev–Trinajstić information content (AvgIpc) is 2.46. The van der Waals surface area contributed by atoms with Gasteiger partial charge < -0.3 is 15.0 Å². The van der Waals surface area contributed by atoms with Crippen molar-refractivity contribution in [2.45, 2.75) is 45.3 Å². The SMILES string of the molecule is CC(C)(C)OC(=O)N1CCC(Nc2ccc(C#N)c(F)c2)CC1. The highest BCUT2D eigenvalue weighted by atomic mass is 19.1. The topological polar surface area (TPSA) is 65.4 Å². The number of carbonyl (C=O) groups is 1. The number of rotatable bonds is 2. The lowest BCUT2D eigenvalue weighted by Crippen LogP contribution is -2.44. The van der Waals surface area contributed by atoms with Crippen LogP contribution in [0.5, 0.6) is 0 Å². The summed E-state index contributed by atoms with van der Waals surface area (Å²) in [5, 5.41) is 12.0. The highest BCUT2D eigenvalue weighted by Crippen LogP contribution is 2.20. The monoisotopic (exact) mass is 319 g/mol. The van der Waals surface area contributed by atoms with Crippen LogP contribution in [0.25, 0.3) is 0 Å². The van der Waals surface area contributed by atoms with Gasteiger partial charge in [-0.25, -0.2) is 9.18 Å². The van der Waals surface area contributed by atoms with E-state index in [-0.39, 0.29) is 17.7 Å². The minimum atomic E-state index is -0.524. The van der Waals surface area contributed by atoms with E-state index in [1.165, 1.54) is 12.1 Å². The van der Waals surface area contributed by atoms with E-state index in [9.17, 15) is 9.18 Å². The number of nitrogens with zero attached hydrogens (tertiary/aromatic N) is 2. The van der Waals surface area contributed by atoms with Crippen molar-refractivity contribution >= 4 is 11.8 Å². The van der Waals surface area contributed by atoms with Gasteiger partial charge in [-0.1, -0.05) is 0 Å². The third-order valence-corrected chi connectivity index (χ3v) is 3.61. The molecule has 1 aromatic rings. The molecule has 0 aromatic heterocycles. The van der Waals surface area contributed by atoms with Crippen LogP contribution in [0.4, 0.5) is 14.9 Å². The Bertz CT molecular complexity index is 611. The fraction of sp³-hybridized carbons (Fsp3) is 0.529. The van der Waals surface area contributed by atoms with Gasteiger partial charge in [-0.15, -0.1) is 0 Å². The van der Waals surface area contributed by atoms with Crippen molar-refractivity contribution < 1.29 is 13.9 Å². The molecular weight excluding hydrogens is 297 g/mol. The van der Waals surface area contributed by atoms with Crippen LogP contribution in [0.3, 0.4) is 0 Å². The molecule has 1 heterocycles. The number of piperidine rings is 1. The predicted octanol–water partition coefficient (Wildman–Crippen LogP) is 3.51. The molecule has 0 saturated carbocycles. The Balaban J connectivity index is 1.86. The van der Waals surface area contributed by atoms with Crippen molar-refractivity contribution in [2.24, 2.45) is 0 Å². The normalized spacial score (nSPS) is 15.9. The maximum Gasteiger partial charge on any atom is 0.410 e. The molecule has 0 unspecified atom stereocenters. The third-order valence-electron chi connectivity index (χ3n) is 3.61. The van der Waals surface area contributed by atoms with E-state index in [4.69, 9.17) is 10.00 Å². The Kier molecular flexibility index (Phi) is 5.09. The number of hydrogen-bond donors (Lipinski definition) is 1. The van der Waals surface area contributed by atoms with E-state index in [0.29, 0.717) is 18.8 Å². The molecule has 124 valence electrons. The molecule has 1 aliphatic heterocycles. The Morgan fingerprint density at radius 2 is 2.04 bits per heavy atom. The molecule has 0 aliphatic carbocycles. The van der Waals surface area contributed by atoms with Gasteiger partial charge in [0, 0.05) is 24.8 Å². The fourth-order valence-corrected chi connectivity index (χ4v) is 2.46. The molecule has 0 bridgehead atoms. The molecule has 1 fully saturated rings. The summed E-state index contributed by atoms with van der Waals surface area (Å²) < 4.78 is 19.0. The maximum atomic E-state index is 13.6. The third kappa shape index (κ3) is 4.85. The number of anilines is 1. The summed E-state index contributed by atoms with van der Waals surface area (Å²) >= 11 is 0. The highest BCUT2D eigenvalue weighted by molar-refractivity contribution is 5.68. The Morgan fingerprint density at radius 3 is 2.57 bits per heavy atom. The van der Waals surface area contributed by atoms with Crippen molar-refractivity contribution in [3.63, 3.8) is 0 Å². The zero-order valence-electron chi connectivity index (χ0n) is 13.7. The molecule has 5 nitrogen and oxygen atoms in total. The summed E-state index contributed by atoms with van der Waals surface area (Å²) in [5.41, 5.74) is 0.194. The van der Waals surface area contributed by atoms with Crippen LogP contribution >= 0.6 is 0 Å². The van der Waals surface area contributed by atoms with Crippen molar-refractivity contribution in [3.8, 4) is 6.07 Å². The second-order valence-electron chi connectivity index (χ2n) is 6.69. The van der Waals surface area contributed by atoms with Crippen molar-refractivity contribution in [3.05, 3.63) is 29.6 Å². The van der Waals surface area contributed by atoms with Gasteiger partial charge >= 0.3 is 6.09 Å². The van der Waals surface area contributed by atoms with Gasteiger partial charge in [-0.2, -0.15) is 5.26 Å². The number of amides is 1. The minimum Gasteiger partial charge on any atom is -0.444 e. The van der Waals surface area contributed by atoms with Gasteiger partial charge in [0.15, 0.2) is 0 Å². The van der Waals surface area contributed by atoms with E-state index < -0.39 is 11.4 Å². The summed E-state index contributed by atoms with van der Waals surface area (Å²) in [4.78, 5) is 13.7. The van der Waals surface area contributed by atoms with Crippen LogP contribution in [0.1, 0.15) is 39.2 Å². The van der Waals surface area contributed by atoms with Gasteiger partial charge in [-0.05, 0) is 51.8 Å². The Morgan fingerprint density at radius 1 is 1.39 bits per heavy atom. The molecule has 23 heavy (non-hydrogen) atoms. The standard InChI is InChI=1S/C17H22FN3O2/c1-17(2,3)23-16(22)21-8-6-13(7-9-21)20-14-5-4-12(11-19)15(18)10-14/h4-5,10,13,20H,6-9H2,1-3H3. The largest absolute Gasteiger partial charge is 0.444 e. The molecule has 6 heteroatoms. The maximum absolute atomic E-state index is 13.6. The molecule has 0 atom stereocenters. The van der Waals surface area contributed by atoms with Crippen LogP contribution < -0.4 is 5.32 Å². The first kappa shape index (κ1) is 17.1. The zero-order chi connectivity index (χ0) is 17.0. The fourth-order valence-electron chi connectivity index (χ4n) is 2.46. The number of hydrogen-bond acceptors (Lipinski definition) is 4. The summed E-state index contributed by atoms with van der Waals surface area (Å²) in [6.07, 6.45) is 1.24. The van der Waals surface area contributed by atoms with E-state index in [1.807, 2.05) is 20.8 Å². The highest BCUT2D eigenvalue weighted by Gasteiger charge is 2.26. The number of halogens is 1. The molecule has 1 aromatic carbocycles. The Hall–Kier alpha value is -2.29. The molecule has 1 saturated heterocycles. The molecule has 2 rings (SSSR count). The number of benzene rings is 1. The van der Waals surface area contributed by atoms with Crippen molar-refractivity contribution in [2.75, 3.05) is 18.4 Å². The van der Waals surface area contributed by atoms with Gasteiger partial charge in [0.2, 0.25) is 0 Å². The summed E-state index contributed by atoms with van der Waals surface area (Å²) in [5.74, 6) is -0.524. The van der Waals surface area contributed by atoms with Gasteiger partial charge in [-0.3, -0.25) is 0 Å². The van der Waals surface area contributed by atoms with Crippen LogP contribution in [0.2, 0.25) is 0 Å². The van der Waals surface area contributed by atoms with E-state index in [1.54, 1.807) is 17.0 Å². The molecule has 0 spiro atoms. The zero-order valence-corrected chi connectivity index (χ0v) is 13.7.